The molecule has 19 heavy (non-hydrogen) atoms. The minimum atomic E-state index is 0.224. The Morgan fingerprint density at radius 2 is 2.05 bits per heavy atom. The molecule has 0 aromatic carbocycles. The lowest BCUT2D eigenvalue weighted by Crippen LogP contribution is -2.60. The quantitative estimate of drug-likeness (QED) is 0.797. The van der Waals surface area contributed by atoms with Gasteiger partial charge in [-0.15, -0.1) is 0 Å². The molecule has 110 valence electrons. The first-order valence-corrected chi connectivity index (χ1v) is 9.05. The van der Waals surface area contributed by atoms with Gasteiger partial charge in [0, 0.05) is 37.8 Å². The molecule has 3 saturated heterocycles. The van der Waals surface area contributed by atoms with Crippen LogP contribution in [-0.4, -0.2) is 59.8 Å². The summed E-state index contributed by atoms with van der Waals surface area (Å²) in [6, 6.07) is 2.06. The third-order valence-electron chi connectivity index (χ3n) is 5.15. The standard InChI is InChI=1S/C15H28N2OS/c1-12-11-17(13(2)10-16-12)14-3-6-18-15(9-14)4-7-19-8-5-15/h12-14,16H,3-11H2,1-2H3. The fraction of sp³-hybridized carbons (Fsp3) is 1.00. The van der Waals surface area contributed by atoms with E-state index in [0.717, 1.165) is 19.2 Å². The average Bonchev–Trinajstić information content (AvgIpc) is 2.42. The maximum atomic E-state index is 6.23. The van der Waals surface area contributed by atoms with E-state index in [0.29, 0.717) is 12.1 Å². The second-order valence-corrected chi connectivity index (χ2v) is 7.87. The number of hydrogen-bond donors (Lipinski definition) is 1. The van der Waals surface area contributed by atoms with Crippen molar-refractivity contribution in [3.63, 3.8) is 0 Å². The van der Waals surface area contributed by atoms with Gasteiger partial charge < -0.3 is 10.1 Å². The third kappa shape index (κ3) is 3.12. The van der Waals surface area contributed by atoms with Crippen LogP contribution < -0.4 is 5.32 Å². The number of ether oxygens (including phenoxy) is 1. The van der Waals surface area contributed by atoms with Crippen LogP contribution in [0.25, 0.3) is 0 Å². The molecular formula is C15H28N2OS. The van der Waals surface area contributed by atoms with Crippen molar-refractivity contribution in [2.45, 2.75) is 63.3 Å². The first kappa shape index (κ1) is 14.2. The summed E-state index contributed by atoms with van der Waals surface area (Å²) in [5, 5.41) is 3.60. The summed E-state index contributed by atoms with van der Waals surface area (Å²) in [6.45, 7) is 8.00. The van der Waals surface area contributed by atoms with Crippen molar-refractivity contribution >= 4 is 11.8 Å². The highest BCUT2D eigenvalue weighted by atomic mass is 32.2. The Hall–Kier alpha value is 0.230. The van der Waals surface area contributed by atoms with Crippen molar-refractivity contribution in [1.29, 1.82) is 0 Å². The number of hydrogen-bond acceptors (Lipinski definition) is 4. The molecule has 0 radical (unpaired) electrons. The van der Waals surface area contributed by atoms with Gasteiger partial charge in [-0.2, -0.15) is 11.8 Å². The van der Waals surface area contributed by atoms with Crippen LogP contribution in [0.4, 0.5) is 0 Å². The zero-order valence-corrected chi connectivity index (χ0v) is 13.2. The summed E-state index contributed by atoms with van der Waals surface area (Å²) in [5.74, 6) is 2.58. The minimum absolute atomic E-state index is 0.224. The molecule has 0 amide bonds. The normalized spacial score (nSPS) is 40.4. The van der Waals surface area contributed by atoms with Gasteiger partial charge in [0.05, 0.1) is 5.60 Å². The number of piperazine rings is 1. The molecule has 0 aromatic heterocycles. The van der Waals surface area contributed by atoms with E-state index in [4.69, 9.17) is 4.74 Å². The summed E-state index contributed by atoms with van der Waals surface area (Å²) in [7, 11) is 0. The Morgan fingerprint density at radius 3 is 2.84 bits per heavy atom. The molecule has 3 aliphatic heterocycles. The highest BCUT2D eigenvalue weighted by Crippen LogP contribution is 2.39. The lowest BCUT2D eigenvalue weighted by Gasteiger charge is -2.50. The maximum Gasteiger partial charge on any atom is 0.0713 e. The van der Waals surface area contributed by atoms with Gasteiger partial charge in [-0.1, -0.05) is 0 Å². The summed E-state index contributed by atoms with van der Waals surface area (Å²) < 4.78 is 6.23. The van der Waals surface area contributed by atoms with E-state index in [1.54, 1.807) is 0 Å². The Labute approximate surface area is 121 Å². The first-order valence-electron chi connectivity index (χ1n) is 7.89. The topological polar surface area (TPSA) is 24.5 Å². The highest BCUT2D eigenvalue weighted by Gasteiger charge is 2.42. The molecule has 3 nitrogen and oxygen atoms in total. The van der Waals surface area contributed by atoms with Crippen LogP contribution in [0.5, 0.6) is 0 Å². The van der Waals surface area contributed by atoms with E-state index < -0.39 is 0 Å². The van der Waals surface area contributed by atoms with Gasteiger partial charge in [-0.05, 0) is 51.0 Å². The molecule has 1 spiro atoms. The maximum absolute atomic E-state index is 6.23. The fourth-order valence-corrected chi connectivity index (χ4v) is 5.17. The third-order valence-corrected chi connectivity index (χ3v) is 6.14. The Bertz CT molecular complexity index is 301. The Balaban J connectivity index is 1.66. The van der Waals surface area contributed by atoms with Gasteiger partial charge in [-0.3, -0.25) is 4.90 Å². The molecule has 3 fully saturated rings. The SMILES string of the molecule is CC1CN(C2CCOC3(CCSCC3)C2)C(C)CN1. The molecular weight excluding hydrogens is 256 g/mol. The van der Waals surface area contributed by atoms with Crippen LogP contribution in [0.2, 0.25) is 0 Å². The van der Waals surface area contributed by atoms with Gasteiger partial charge in [0.1, 0.15) is 0 Å². The second kappa shape index (κ2) is 5.92. The fourth-order valence-electron chi connectivity index (χ4n) is 3.94. The van der Waals surface area contributed by atoms with Gasteiger partial charge in [0.2, 0.25) is 0 Å². The lowest BCUT2D eigenvalue weighted by atomic mass is 9.84. The van der Waals surface area contributed by atoms with Crippen LogP contribution in [0.15, 0.2) is 0 Å². The zero-order valence-electron chi connectivity index (χ0n) is 12.4. The van der Waals surface area contributed by atoms with Crippen LogP contribution in [0.3, 0.4) is 0 Å². The molecule has 3 unspecified atom stereocenters. The van der Waals surface area contributed by atoms with Gasteiger partial charge >= 0.3 is 0 Å². The second-order valence-electron chi connectivity index (χ2n) is 6.65. The van der Waals surface area contributed by atoms with E-state index in [9.17, 15) is 0 Å². The average molecular weight is 284 g/mol. The van der Waals surface area contributed by atoms with Gasteiger partial charge in [-0.25, -0.2) is 0 Å². The van der Waals surface area contributed by atoms with E-state index in [-0.39, 0.29) is 5.60 Å². The van der Waals surface area contributed by atoms with Gasteiger partial charge in [0.25, 0.3) is 0 Å². The molecule has 0 aliphatic carbocycles. The number of nitrogens with zero attached hydrogens (tertiary/aromatic N) is 1. The van der Waals surface area contributed by atoms with Crippen molar-refractivity contribution in [3.8, 4) is 0 Å². The van der Waals surface area contributed by atoms with Crippen LogP contribution >= 0.6 is 11.8 Å². The van der Waals surface area contributed by atoms with E-state index in [1.165, 1.54) is 43.7 Å². The monoisotopic (exact) mass is 284 g/mol. The molecule has 0 bridgehead atoms. The minimum Gasteiger partial charge on any atom is -0.375 e. The van der Waals surface area contributed by atoms with E-state index in [1.807, 2.05) is 0 Å². The van der Waals surface area contributed by atoms with Crippen molar-refractivity contribution in [2.75, 3.05) is 31.2 Å². The summed E-state index contributed by atoms with van der Waals surface area (Å²) >= 11 is 2.10. The van der Waals surface area contributed by atoms with Gasteiger partial charge in [0.15, 0.2) is 0 Å². The summed E-state index contributed by atoms with van der Waals surface area (Å²) in [6.07, 6.45) is 5.03. The zero-order chi connectivity index (χ0) is 13.3. The van der Waals surface area contributed by atoms with Crippen LogP contribution in [0.1, 0.15) is 39.5 Å². The summed E-state index contributed by atoms with van der Waals surface area (Å²) in [4.78, 5) is 2.76. The molecule has 0 saturated carbocycles. The Kier molecular flexibility index (Phi) is 4.42. The highest BCUT2D eigenvalue weighted by molar-refractivity contribution is 7.99. The van der Waals surface area contributed by atoms with Crippen molar-refractivity contribution in [3.05, 3.63) is 0 Å². The van der Waals surface area contributed by atoms with Crippen molar-refractivity contribution < 1.29 is 4.74 Å². The number of nitrogens with one attached hydrogen (secondary N) is 1. The molecule has 1 N–H and O–H groups in total. The number of rotatable bonds is 1. The van der Waals surface area contributed by atoms with E-state index in [2.05, 4.69) is 35.8 Å². The first-order chi connectivity index (χ1) is 9.19. The lowest BCUT2D eigenvalue weighted by molar-refractivity contribution is -0.117. The number of thioether (sulfide) groups is 1. The molecule has 3 rings (SSSR count). The molecule has 3 aliphatic rings. The summed E-state index contributed by atoms with van der Waals surface area (Å²) in [5.41, 5.74) is 0.224. The van der Waals surface area contributed by atoms with Crippen molar-refractivity contribution in [2.24, 2.45) is 0 Å². The van der Waals surface area contributed by atoms with Crippen molar-refractivity contribution in [1.82, 2.24) is 10.2 Å². The van der Waals surface area contributed by atoms with Crippen LogP contribution in [-0.2, 0) is 4.74 Å². The predicted molar refractivity (Wildman–Crippen MR) is 81.9 cm³/mol. The molecule has 4 heteroatoms. The molecule has 0 aromatic rings. The molecule has 3 heterocycles. The molecule has 3 atom stereocenters. The smallest absolute Gasteiger partial charge is 0.0713 e. The predicted octanol–water partition coefficient (Wildman–Crippen LogP) is 2.11. The Morgan fingerprint density at radius 1 is 1.26 bits per heavy atom. The van der Waals surface area contributed by atoms with Crippen LogP contribution in [0, 0.1) is 0 Å². The van der Waals surface area contributed by atoms with E-state index >= 15 is 0 Å². The largest absolute Gasteiger partial charge is 0.375 e.